The molecule has 17 heavy (non-hydrogen) atoms. The molecule has 0 aliphatic rings. The van der Waals surface area contributed by atoms with Gasteiger partial charge in [0, 0.05) is 6.61 Å². The summed E-state index contributed by atoms with van der Waals surface area (Å²) >= 11 is 0. The summed E-state index contributed by atoms with van der Waals surface area (Å²) in [6.45, 7) is -0.116. The fourth-order valence-electron chi connectivity index (χ4n) is 0.976. The molecule has 0 amide bonds. The first-order valence-electron chi connectivity index (χ1n) is 4.87. The molecule has 1 atom stereocenters. The normalized spacial score (nSPS) is 13.5. The van der Waals surface area contributed by atoms with Crippen molar-refractivity contribution in [2.24, 2.45) is 0 Å². The van der Waals surface area contributed by atoms with Crippen molar-refractivity contribution in [2.45, 2.75) is 6.42 Å². The van der Waals surface area contributed by atoms with E-state index in [4.69, 9.17) is 9.84 Å². The second-order valence-corrected chi connectivity index (χ2v) is 4.85. The van der Waals surface area contributed by atoms with Crippen molar-refractivity contribution in [1.82, 2.24) is 0 Å². The maximum absolute atomic E-state index is 11.3. The van der Waals surface area contributed by atoms with Gasteiger partial charge in [0.15, 0.2) is 13.9 Å². The van der Waals surface area contributed by atoms with Gasteiger partial charge in [-0.05, 0) is 18.6 Å². The van der Waals surface area contributed by atoms with Crippen LogP contribution in [0.1, 0.15) is 6.42 Å². The number of hydrogen-bond donors (Lipinski definition) is 1. The molecule has 1 aromatic carbocycles. The van der Waals surface area contributed by atoms with Crippen LogP contribution in [0.5, 0.6) is 5.75 Å². The van der Waals surface area contributed by atoms with Crippen molar-refractivity contribution in [2.75, 3.05) is 19.6 Å². The molecule has 1 aromatic rings. The summed E-state index contributed by atoms with van der Waals surface area (Å²) in [6, 6.07) is 8.62. The molecule has 0 spiro atoms. The Balaban J connectivity index is 0.00000256. The van der Waals surface area contributed by atoms with Crippen molar-refractivity contribution in [3.63, 3.8) is 0 Å². The van der Waals surface area contributed by atoms with Gasteiger partial charge in [-0.1, -0.05) is 18.2 Å². The monoisotopic (exact) mass is 252 g/mol. The summed E-state index contributed by atoms with van der Waals surface area (Å²) in [5.74, 6) is 0.476. The van der Waals surface area contributed by atoms with E-state index < -0.39 is 13.9 Å². The van der Waals surface area contributed by atoms with Gasteiger partial charge >= 0.3 is 18.9 Å². The third-order valence-electron chi connectivity index (χ3n) is 1.72. The number of ether oxygens (including phenoxy) is 1. The van der Waals surface area contributed by atoms with Crippen LogP contribution in [0.2, 0.25) is 0 Å². The van der Waals surface area contributed by atoms with Gasteiger partial charge in [0.2, 0.25) is 0 Å². The van der Waals surface area contributed by atoms with Gasteiger partial charge in [-0.25, -0.2) is 0 Å². The predicted molar refractivity (Wildman–Crippen MR) is 57.2 cm³/mol. The summed E-state index contributed by atoms with van der Waals surface area (Å²) < 4.78 is 20.9. The van der Waals surface area contributed by atoms with Gasteiger partial charge in [0.05, 0.1) is 6.61 Å². The van der Waals surface area contributed by atoms with E-state index in [2.05, 4.69) is 4.52 Å². The second kappa shape index (κ2) is 8.77. The summed E-state index contributed by atoms with van der Waals surface area (Å²) in [6.07, 6.45) is -0.208. The van der Waals surface area contributed by atoms with Crippen LogP contribution >= 0.6 is 7.60 Å². The molecular weight excluding hydrogens is 238 g/mol. The minimum absolute atomic E-state index is 0. The van der Waals surface area contributed by atoms with Crippen molar-refractivity contribution < 1.29 is 42.7 Å². The Kier molecular flexibility index (Phi) is 8.62. The number of aliphatic hydroxyl groups is 1. The molecule has 1 N–H and O–H groups in total. The van der Waals surface area contributed by atoms with Crippen molar-refractivity contribution in [3.05, 3.63) is 30.3 Å². The maximum Gasteiger partial charge on any atom is 1.00 e. The Hall–Kier alpha value is -0.273. The molecule has 0 aliphatic carbocycles. The van der Waals surface area contributed by atoms with Crippen LogP contribution < -0.4 is 28.5 Å². The van der Waals surface area contributed by atoms with Crippen molar-refractivity contribution in [1.29, 1.82) is 0 Å². The number of rotatable bonds is 7. The zero-order valence-corrected chi connectivity index (χ0v) is 10.6. The molecule has 0 fully saturated rings. The summed E-state index contributed by atoms with van der Waals surface area (Å²) in [5.41, 5.74) is 0. The van der Waals surface area contributed by atoms with Crippen LogP contribution in [0.25, 0.3) is 0 Å². The summed E-state index contributed by atoms with van der Waals surface area (Å²) in [4.78, 5) is 11.3. The standard InChI is InChI=1S/C10H15O5P.Li/c11-7-4-8-15-16(12,13)9-14-10-5-2-1-3-6-10;/h1-3,5-6,11H,4,7-9H2,(H,12,13);/q;+1/p-1. The number of benzene rings is 1. The third kappa shape index (κ3) is 7.62. The largest absolute Gasteiger partial charge is 1.00 e. The average molecular weight is 252 g/mol. The fraction of sp³-hybridized carbons (Fsp3) is 0.400. The predicted octanol–water partition coefficient (Wildman–Crippen LogP) is -2.02. The first-order chi connectivity index (χ1) is 7.64. The van der Waals surface area contributed by atoms with E-state index in [0.717, 1.165) is 0 Å². The van der Waals surface area contributed by atoms with Crippen LogP contribution in [0.15, 0.2) is 30.3 Å². The van der Waals surface area contributed by atoms with Crippen LogP contribution in [0.4, 0.5) is 0 Å². The number of aliphatic hydroxyl groups excluding tert-OH is 1. The SMILES string of the molecule is O=P([O-])(COc1ccccc1)OCCCO.[Li+]. The van der Waals surface area contributed by atoms with E-state index in [-0.39, 0.29) is 38.5 Å². The number of para-hydroxylation sites is 1. The molecule has 0 saturated carbocycles. The Bertz CT molecular complexity index is 346. The topological polar surface area (TPSA) is 78.8 Å². The third-order valence-corrected chi connectivity index (χ3v) is 2.74. The molecule has 0 aromatic heterocycles. The first kappa shape index (κ1) is 16.7. The van der Waals surface area contributed by atoms with E-state index in [1.807, 2.05) is 0 Å². The van der Waals surface area contributed by atoms with Crippen LogP contribution in [-0.4, -0.2) is 24.7 Å². The quantitative estimate of drug-likeness (QED) is 0.344. The second-order valence-electron chi connectivity index (χ2n) is 3.11. The smallest absolute Gasteiger partial charge is 0.776 e. The summed E-state index contributed by atoms with van der Waals surface area (Å²) in [7, 11) is -3.97. The molecule has 1 unspecified atom stereocenters. The van der Waals surface area contributed by atoms with E-state index in [0.29, 0.717) is 5.75 Å². The Morgan fingerprint density at radius 3 is 2.53 bits per heavy atom. The molecule has 0 heterocycles. The molecule has 0 bridgehead atoms. The van der Waals surface area contributed by atoms with Crippen LogP contribution in [0, 0.1) is 0 Å². The van der Waals surface area contributed by atoms with E-state index >= 15 is 0 Å². The molecule has 0 radical (unpaired) electrons. The fourth-order valence-corrected chi connectivity index (χ4v) is 1.76. The van der Waals surface area contributed by atoms with Crippen LogP contribution in [-0.2, 0) is 9.09 Å². The molecule has 0 saturated heterocycles. The summed E-state index contributed by atoms with van der Waals surface area (Å²) in [5, 5.41) is 8.47. The molecule has 5 nitrogen and oxygen atoms in total. The van der Waals surface area contributed by atoms with Gasteiger partial charge in [0.1, 0.15) is 5.75 Å². The molecular formula is C10H14LiO5P. The Morgan fingerprint density at radius 1 is 1.29 bits per heavy atom. The Labute approximate surface area is 112 Å². The van der Waals surface area contributed by atoms with Gasteiger partial charge in [0.25, 0.3) is 0 Å². The minimum Gasteiger partial charge on any atom is -0.776 e. The van der Waals surface area contributed by atoms with Gasteiger partial charge in [-0.3, -0.25) is 0 Å². The first-order valence-corrected chi connectivity index (χ1v) is 6.60. The van der Waals surface area contributed by atoms with Crippen molar-refractivity contribution in [3.8, 4) is 5.75 Å². The van der Waals surface area contributed by atoms with E-state index in [1.54, 1.807) is 30.3 Å². The minimum atomic E-state index is -3.97. The average Bonchev–Trinajstić information content (AvgIpc) is 2.28. The maximum atomic E-state index is 11.3. The van der Waals surface area contributed by atoms with E-state index in [1.165, 1.54) is 0 Å². The van der Waals surface area contributed by atoms with Crippen LogP contribution in [0.3, 0.4) is 0 Å². The Morgan fingerprint density at radius 2 is 1.94 bits per heavy atom. The van der Waals surface area contributed by atoms with Gasteiger partial charge < -0.3 is 23.8 Å². The number of hydrogen-bond acceptors (Lipinski definition) is 5. The van der Waals surface area contributed by atoms with Gasteiger partial charge in [-0.2, -0.15) is 0 Å². The van der Waals surface area contributed by atoms with Gasteiger partial charge in [-0.15, -0.1) is 0 Å². The molecule has 7 heteroatoms. The van der Waals surface area contributed by atoms with Crippen molar-refractivity contribution >= 4 is 7.60 Å². The molecule has 90 valence electrons. The zero-order chi connectivity index (χ0) is 11.9. The molecule has 1 rings (SSSR count). The molecule has 0 aliphatic heterocycles. The zero-order valence-electron chi connectivity index (χ0n) is 9.74. The van der Waals surface area contributed by atoms with E-state index in [9.17, 15) is 9.46 Å².